The molecule has 0 aliphatic heterocycles. The molecule has 1 aliphatic carbocycles. The molecular weight excluding hydrogens is 291 g/mol. The zero-order chi connectivity index (χ0) is 15.8. The summed E-state index contributed by atoms with van der Waals surface area (Å²) in [6, 6.07) is 12.2. The van der Waals surface area contributed by atoms with Gasteiger partial charge in [0.25, 0.3) is 0 Å². The number of fused-ring (bicyclic) bond motifs is 3. The third kappa shape index (κ3) is 1.93. The second-order valence-corrected chi connectivity index (χ2v) is 4.99. The van der Waals surface area contributed by atoms with Gasteiger partial charge in [0.2, 0.25) is 0 Å². The second kappa shape index (κ2) is 5.11. The summed E-state index contributed by atoms with van der Waals surface area (Å²) in [5, 5.41) is 9.66. The number of hydrogen-bond donors (Lipinski definition) is 0. The van der Waals surface area contributed by atoms with Gasteiger partial charge in [0.15, 0.2) is 0 Å². The average Bonchev–Trinajstić information content (AvgIpc) is 2.92. The molecular formula is C18H9FN4. The predicted molar refractivity (Wildman–Crippen MR) is 83.2 cm³/mol. The number of halogens is 1. The van der Waals surface area contributed by atoms with Crippen molar-refractivity contribution in [3.05, 3.63) is 77.6 Å². The van der Waals surface area contributed by atoms with E-state index < -0.39 is 5.82 Å². The Kier molecular flexibility index (Phi) is 2.95. The van der Waals surface area contributed by atoms with Gasteiger partial charge in [0.1, 0.15) is 17.6 Å². The van der Waals surface area contributed by atoms with Gasteiger partial charge in [-0.15, -0.1) is 0 Å². The maximum atomic E-state index is 14.2. The maximum Gasteiger partial charge on any atom is 0.150 e. The fraction of sp³-hybridized carbons (Fsp3) is 0. The number of allylic oxidation sites excluding steroid dienone is 1. The summed E-state index contributed by atoms with van der Waals surface area (Å²) in [5.74, 6) is -0.528. The molecule has 3 aromatic rings. The van der Waals surface area contributed by atoms with Crippen LogP contribution in [0.4, 0.5) is 4.39 Å². The van der Waals surface area contributed by atoms with Crippen molar-refractivity contribution in [2.24, 2.45) is 0 Å². The molecule has 0 spiro atoms. The Morgan fingerprint density at radius 1 is 0.870 bits per heavy atom. The van der Waals surface area contributed by atoms with Crippen molar-refractivity contribution < 1.29 is 4.39 Å². The lowest BCUT2D eigenvalue weighted by atomic mass is 9.97. The molecule has 4 rings (SSSR count). The second-order valence-electron chi connectivity index (χ2n) is 4.99. The van der Waals surface area contributed by atoms with Crippen LogP contribution >= 0.6 is 0 Å². The molecule has 0 unspecified atom stereocenters. The summed E-state index contributed by atoms with van der Waals surface area (Å²) in [5.41, 5.74) is 3.77. The Balaban J connectivity index is 2.12. The van der Waals surface area contributed by atoms with E-state index in [4.69, 9.17) is 0 Å². The van der Waals surface area contributed by atoms with Crippen molar-refractivity contribution >= 4 is 11.1 Å². The molecule has 0 aromatic carbocycles. The summed E-state index contributed by atoms with van der Waals surface area (Å²) >= 11 is 0. The highest BCUT2D eigenvalue weighted by atomic mass is 19.1. The molecule has 3 aromatic heterocycles. The van der Waals surface area contributed by atoms with E-state index >= 15 is 0 Å². The van der Waals surface area contributed by atoms with Crippen LogP contribution in [0, 0.1) is 17.1 Å². The lowest BCUT2D eigenvalue weighted by Gasteiger charge is -2.07. The number of pyridine rings is 3. The highest BCUT2D eigenvalue weighted by Gasteiger charge is 2.29. The fourth-order valence-corrected chi connectivity index (χ4v) is 2.80. The molecule has 1 aliphatic rings. The summed E-state index contributed by atoms with van der Waals surface area (Å²) in [6.07, 6.45) is 4.82. The van der Waals surface area contributed by atoms with E-state index in [1.807, 2.05) is 12.1 Å². The Morgan fingerprint density at radius 2 is 1.43 bits per heavy atom. The summed E-state index contributed by atoms with van der Waals surface area (Å²) < 4.78 is 14.2. The van der Waals surface area contributed by atoms with Gasteiger partial charge in [0.05, 0.1) is 17.0 Å². The minimum atomic E-state index is -0.528. The van der Waals surface area contributed by atoms with E-state index in [-0.39, 0.29) is 11.3 Å². The molecule has 0 saturated carbocycles. The molecule has 4 nitrogen and oxygen atoms in total. The normalized spacial score (nSPS) is 11.6. The number of nitrogens with zero attached hydrogens (tertiary/aromatic N) is 4. The van der Waals surface area contributed by atoms with Gasteiger partial charge < -0.3 is 0 Å². The highest BCUT2D eigenvalue weighted by Crippen LogP contribution is 2.44. The van der Waals surface area contributed by atoms with Crippen LogP contribution in [0.2, 0.25) is 0 Å². The first-order valence-electron chi connectivity index (χ1n) is 6.97. The Labute approximate surface area is 131 Å². The monoisotopic (exact) mass is 300 g/mol. The topological polar surface area (TPSA) is 62.5 Å². The van der Waals surface area contributed by atoms with Crippen molar-refractivity contribution in [2.45, 2.75) is 0 Å². The lowest BCUT2D eigenvalue weighted by Crippen LogP contribution is -1.96. The number of rotatable bonds is 1. The van der Waals surface area contributed by atoms with Crippen molar-refractivity contribution in [1.29, 1.82) is 5.26 Å². The highest BCUT2D eigenvalue weighted by molar-refractivity contribution is 6.11. The molecule has 108 valence electrons. The summed E-state index contributed by atoms with van der Waals surface area (Å²) in [7, 11) is 0. The first-order valence-corrected chi connectivity index (χ1v) is 6.97. The van der Waals surface area contributed by atoms with Gasteiger partial charge in [0, 0.05) is 35.3 Å². The van der Waals surface area contributed by atoms with E-state index in [1.165, 1.54) is 18.3 Å². The van der Waals surface area contributed by atoms with Crippen LogP contribution in [0.5, 0.6) is 0 Å². The minimum Gasteiger partial charge on any atom is -0.254 e. The molecule has 23 heavy (non-hydrogen) atoms. The van der Waals surface area contributed by atoms with Gasteiger partial charge in [-0.05, 0) is 24.3 Å². The molecule has 3 heterocycles. The minimum absolute atomic E-state index is 0.0384. The Bertz CT molecular complexity index is 954. The molecule has 0 fully saturated rings. The zero-order valence-corrected chi connectivity index (χ0v) is 11.9. The van der Waals surface area contributed by atoms with Crippen LogP contribution in [0.25, 0.3) is 22.5 Å². The number of nitriles is 1. The van der Waals surface area contributed by atoms with E-state index in [0.717, 1.165) is 11.1 Å². The van der Waals surface area contributed by atoms with Gasteiger partial charge in [-0.2, -0.15) is 5.26 Å². The van der Waals surface area contributed by atoms with Crippen molar-refractivity contribution in [3.8, 4) is 17.5 Å². The van der Waals surface area contributed by atoms with E-state index in [0.29, 0.717) is 17.0 Å². The maximum absolute atomic E-state index is 14.2. The number of hydrogen-bond acceptors (Lipinski definition) is 4. The van der Waals surface area contributed by atoms with Gasteiger partial charge in [-0.1, -0.05) is 12.1 Å². The smallest absolute Gasteiger partial charge is 0.150 e. The zero-order valence-electron chi connectivity index (χ0n) is 11.9. The molecule has 0 amide bonds. The van der Waals surface area contributed by atoms with Crippen LogP contribution in [-0.2, 0) is 0 Å². The Hall–Kier alpha value is -3.39. The van der Waals surface area contributed by atoms with E-state index in [9.17, 15) is 9.65 Å². The molecule has 0 saturated heterocycles. The fourth-order valence-electron chi connectivity index (χ4n) is 2.80. The third-order valence-electron chi connectivity index (χ3n) is 3.74. The standard InChI is InChI=1S/C18H9FN4/c19-14-6-3-9-21-16(14)13(10-20)15-11-4-1-7-22-17(11)18-12(15)5-2-8-23-18/h1-9H. The van der Waals surface area contributed by atoms with Crippen molar-refractivity contribution in [3.63, 3.8) is 0 Å². The van der Waals surface area contributed by atoms with Gasteiger partial charge in [-0.25, -0.2) is 4.39 Å². The predicted octanol–water partition coefficient (Wildman–Crippen LogP) is 3.47. The third-order valence-corrected chi connectivity index (χ3v) is 3.74. The summed E-state index contributed by atoms with van der Waals surface area (Å²) in [4.78, 5) is 12.8. The molecule has 0 bridgehead atoms. The quantitative estimate of drug-likeness (QED) is 0.505. The van der Waals surface area contributed by atoms with E-state index in [1.54, 1.807) is 24.5 Å². The van der Waals surface area contributed by atoms with Crippen LogP contribution in [0.15, 0.2) is 55.0 Å². The largest absolute Gasteiger partial charge is 0.254 e. The van der Waals surface area contributed by atoms with Crippen molar-refractivity contribution in [2.75, 3.05) is 0 Å². The van der Waals surface area contributed by atoms with Gasteiger partial charge in [-0.3, -0.25) is 15.0 Å². The first-order chi connectivity index (χ1) is 11.3. The van der Waals surface area contributed by atoms with Crippen LogP contribution in [0.1, 0.15) is 16.8 Å². The number of aromatic nitrogens is 3. The summed E-state index contributed by atoms with van der Waals surface area (Å²) in [6.45, 7) is 0. The SMILES string of the molecule is N#CC(=C1c2cccnc2-c2ncccc21)c1ncccc1F. The van der Waals surface area contributed by atoms with Crippen LogP contribution in [0.3, 0.4) is 0 Å². The average molecular weight is 300 g/mol. The van der Waals surface area contributed by atoms with Crippen LogP contribution in [-0.4, -0.2) is 15.0 Å². The lowest BCUT2D eigenvalue weighted by molar-refractivity contribution is 0.617. The van der Waals surface area contributed by atoms with Crippen LogP contribution < -0.4 is 0 Å². The van der Waals surface area contributed by atoms with Crippen molar-refractivity contribution in [1.82, 2.24) is 15.0 Å². The molecule has 5 heteroatoms. The first kappa shape index (κ1) is 13.3. The molecule has 0 N–H and O–H groups in total. The molecule has 0 radical (unpaired) electrons. The van der Waals surface area contributed by atoms with Gasteiger partial charge >= 0.3 is 0 Å². The molecule has 0 atom stereocenters. The van der Waals surface area contributed by atoms with E-state index in [2.05, 4.69) is 21.0 Å². The Morgan fingerprint density at radius 3 is 2.00 bits per heavy atom.